The number of nitrogen functional groups attached to an aromatic ring is 1. The molecule has 1 aliphatic rings. The Bertz CT molecular complexity index is 481. The Morgan fingerprint density at radius 3 is 2.72 bits per heavy atom. The van der Waals surface area contributed by atoms with Crippen LogP contribution in [-0.2, 0) is 10.3 Å². The number of nitrogens with two attached hydrogens (primary N) is 2. The Labute approximate surface area is 101 Å². The zero-order valence-corrected chi connectivity index (χ0v) is 9.32. The fourth-order valence-electron chi connectivity index (χ4n) is 1.77. The second-order valence-corrected chi connectivity index (χ2v) is 4.02. The molecule has 1 aliphatic heterocycles. The van der Waals surface area contributed by atoms with E-state index in [1.807, 2.05) is 0 Å². The average Bonchev–Trinajstić information content (AvgIpc) is 2.33. The number of nitrogens with zero attached hydrogens (tertiary/aromatic N) is 1. The van der Waals surface area contributed by atoms with Crippen molar-refractivity contribution in [3.63, 3.8) is 0 Å². The van der Waals surface area contributed by atoms with Crippen molar-refractivity contribution in [1.82, 2.24) is 0 Å². The molecule has 0 radical (unpaired) electrons. The van der Waals surface area contributed by atoms with Gasteiger partial charge < -0.3 is 16.2 Å². The van der Waals surface area contributed by atoms with Gasteiger partial charge in [-0.3, -0.25) is 4.99 Å². The number of hydrogen-bond acceptors (Lipinski definition) is 4. The quantitative estimate of drug-likeness (QED) is 0.785. The van der Waals surface area contributed by atoms with Crippen molar-refractivity contribution in [3.05, 3.63) is 29.6 Å². The SMILES string of the molecule is Nc1ccc(F)c(C2(C(F)F)COC(N)C=N2)c1. The molecule has 0 saturated heterocycles. The monoisotopic (exact) mass is 259 g/mol. The van der Waals surface area contributed by atoms with Crippen LogP contribution in [0.2, 0.25) is 0 Å². The molecule has 1 heterocycles. The second kappa shape index (κ2) is 4.58. The van der Waals surface area contributed by atoms with E-state index in [0.29, 0.717) is 0 Å². The molecule has 0 fully saturated rings. The predicted molar refractivity (Wildman–Crippen MR) is 60.9 cm³/mol. The van der Waals surface area contributed by atoms with Gasteiger partial charge in [-0.15, -0.1) is 0 Å². The number of benzene rings is 1. The molecule has 0 saturated carbocycles. The number of alkyl halides is 2. The lowest BCUT2D eigenvalue weighted by Crippen LogP contribution is -2.46. The highest BCUT2D eigenvalue weighted by Crippen LogP contribution is 2.37. The number of rotatable bonds is 2. The van der Waals surface area contributed by atoms with E-state index in [0.717, 1.165) is 18.3 Å². The van der Waals surface area contributed by atoms with E-state index < -0.39 is 30.6 Å². The summed E-state index contributed by atoms with van der Waals surface area (Å²) in [4.78, 5) is 3.69. The molecule has 1 aromatic carbocycles. The van der Waals surface area contributed by atoms with Gasteiger partial charge in [0.2, 0.25) is 0 Å². The highest BCUT2D eigenvalue weighted by molar-refractivity contribution is 5.64. The van der Waals surface area contributed by atoms with E-state index in [2.05, 4.69) is 4.99 Å². The smallest absolute Gasteiger partial charge is 0.269 e. The van der Waals surface area contributed by atoms with Crippen molar-refractivity contribution in [1.29, 1.82) is 0 Å². The van der Waals surface area contributed by atoms with Crippen LogP contribution in [0, 0.1) is 5.82 Å². The Kier molecular flexibility index (Phi) is 3.27. The van der Waals surface area contributed by atoms with Crippen molar-refractivity contribution >= 4 is 11.9 Å². The summed E-state index contributed by atoms with van der Waals surface area (Å²) in [6, 6.07) is 3.45. The molecule has 98 valence electrons. The fourth-order valence-corrected chi connectivity index (χ4v) is 1.77. The number of halogens is 3. The Balaban J connectivity index is 2.55. The molecule has 2 unspecified atom stereocenters. The molecule has 4 N–H and O–H groups in total. The molecule has 0 bridgehead atoms. The minimum absolute atomic E-state index is 0.177. The summed E-state index contributed by atoms with van der Waals surface area (Å²) in [5.74, 6) is -0.805. The van der Waals surface area contributed by atoms with Crippen LogP contribution in [-0.4, -0.2) is 25.5 Å². The van der Waals surface area contributed by atoms with Gasteiger partial charge in [0.05, 0.1) is 6.61 Å². The maximum absolute atomic E-state index is 13.7. The number of aliphatic imine (C=N–C) groups is 1. The standard InChI is InChI=1S/C11H12F3N3O/c12-8-2-1-6(15)3-7(8)11(10(13)14)5-18-9(16)4-17-11/h1-4,9-10H,5,15-16H2. The van der Waals surface area contributed by atoms with E-state index >= 15 is 0 Å². The van der Waals surface area contributed by atoms with Crippen molar-refractivity contribution in [2.24, 2.45) is 10.7 Å². The maximum atomic E-state index is 13.7. The molecule has 2 atom stereocenters. The van der Waals surface area contributed by atoms with E-state index in [1.165, 1.54) is 6.07 Å². The summed E-state index contributed by atoms with van der Waals surface area (Å²) in [5, 5.41) is 0. The summed E-state index contributed by atoms with van der Waals surface area (Å²) >= 11 is 0. The summed E-state index contributed by atoms with van der Waals surface area (Å²) < 4.78 is 45.2. The van der Waals surface area contributed by atoms with Gasteiger partial charge in [-0.2, -0.15) is 0 Å². The zero-order chi connectivity index (χ0) is 13.3. The number of anilines is 1. The molecule has 18 heavy (non-hydrogen) atoms. The van der Waals surface area contributed by atoms with Gasteiger partial charge in [0.1, 0.15) is 12.0 Å². The molecular weight excluding hydrogens is 247 g/mol. The zero-order valence-electron chi connectivity index (χ0n) is 9.32. The molecular formula is C11H12F3N3O. The van der Waals surface area contributed by atoms with Crippen molar-refractivity contribution < 1.29 is 17.9 Å². The van der Waals surface area contributed by atoms with Crippen LogP contribution in [0.4, 0.5) is 18.9 Å². The Morgan fingerprint density at radius 2 is 2.17 bits per heavy atom. The van der Waals surface area contributed by atoms with Crippen LogP contribution in [0.3, 0.4) is 0 Å². The minimum Gasteiger partial charge on any atom is -0.399 e. The second-order valence-electron chi connectivity index (χ2n) is 4.02. The van der Waals surface area contributed by atoms with Crippen molar-refractivity contribution in [3.8, 4) is 0 Å². The van der Waals surface area contributed by atoms with Gasteiger partial charge in [-0.1, -0.05) is 0 Å². The lowest BCUT2D eigenvalue weighted by Gasteiger charge is -2.33. The molecule has 7 heteroatoms. The molecule has 0 aromatic heterocycles. The molecule has 2 rings (SSSR count). The lowest BCUT2D eigenvalue weighted by atomic mass is 9.90. The van der Waals surface area contributed by atoms with Crippen LogP contribution >= 0.6 is 0 Å². The molecule has 0 aliphatic carbocycles. The van der Waals surface area contributed by atoms with Gasteiger partial charge in [0.15, 0.2) is 5.54 Å². The van der Waals surface area contributed by atoms with E-state index in [-0.39, 0.29) is 11.3 Å². The van der Waals surface area contributed by atoms with Crippen LogP contribution in [0.25, 0.3) is 0 Å². The van der Waals surface area contributed by atoms with Crippen molar-refractivity contribution in [2.45, 2.75) is 18.2 Å². The fraction of sp³-hybridized carbons (Fsp3) is 0.364. The Morgan fingerprint density at radius 1 is 1.44 bits per heavy atom. The largest absolute Gasteiger partial charge is 0.399 e. The average molecular weight is 259 g/mol. The first-order valence-electron chi connectivity index (χ1n) is 5.22. The summed E-state index contributed by atoms with van der Waals surface area (Å²) in [6.07, 6.45) is -2.75. The summed E-state index contributed by atoms with van der Waals surface area (Å²) in [7, 11) is 0. The maximum Gasteiger partial charge on any atom is 0.269 e. The topological polar surface area (TPSA) is 73.6 Å². The van der Waals surface area contributed by atoms with Crippen LogP contribution < -0.4 is 11.5 Å². The number of hydrogen-bond donors (Lipinski definition) is 2. The highest BCUT2D eigenvalue weighted by Gasteiger charge is 2.46. The first kappa shape index (κ1) is 12.8. The van der Waals surface area contributed by atoms with Crippen LogP contribution in [0.15, 0.2) is 23.2 Å². The third kappa shape index (κ3) is 2.06. The minimum atomic E-state index is -2.93. The van der Waals surface area contributed by atoms with Crippen molar-refractivity contribution in [2.75, 3.05) is 12.3 Å². The van der Waals surface area contributed by atoms with Gasteiger partial charge >= 0.3 is 0 Å². The molecule has 1 aromatic rings. The van der Waals surface area contributed by atoms with E-state index in [1.54, 1.807) is 0 Å². The van der Waals surface area contributed by atoms with Crippen LogP contribution in [0.5, 0.6) is 0 Å². The van der Waals surface area contributed by atoms with E-state index in [4.69, 9.17) is 16.2 Å². The van der Waals surface area contributed by atoms with Crippen LogP contribution in [0.1, 0.15) is 5.56 Å². The van der Waals surface area contributed by atoms with E-state index in [9.17, 15) is 13.2 Å². The molecule has 0 spiro atoms. The number of ether oxygens (including phenoxy) is 1. The van der Waals surface area contributed by atoms with Gasteiger partial charge in [-0.05, 0) is 18.2 Å². The first-order valence-corrected chi connectivity index (χ1v) is 5.22. The molecule has 4 nitrogen and oxygen atoms in total. The van der Waals surface area contributed by atoms with Gasteiger partial charge in [0.25, 0.3) is 6.43 Å². The first-order chi connectivity index (χ1) is 8.45. The third-order valence-corrected chi connectivity index (χ3v) is 2.77. The van der Waals surface area contributed by atoms with Gasteiger partial charge in [-0.25, -0.2) is 13.2 Å². The van der Waals surface area contributed by atoms with Gasteiger partial charge in [0, 0.05) is 17.5 Å². The molecule has 0 amide bonds. The Hall–Kier alpha value is -1.60. The summed E-state index contributed by atoms with van der Waals surface area (Å²) in [5.41, 5.74) is 8.66. The lowest BCUT2D eigenvalue weighted by molar-refractivity contribution is -0.0339. The predicted octanol–water partition coefficient (Wildman–Crippen LogP) is 1.25. The normalized spacial score (nSPS) is 27.7. The summed E-state index contributed by atoms with van der Waals surface area (Å²) in [6.45, 7) is -0.497. The highest BCUT2D eigenvalue weighted by atomic mass is 19.3. The third-order valence-electron chi connectivity index (χ3n) is 2.77.